The molecule has 0 fully saturated rings. The fraction of sp³-hybridized carbons (Fsp3) is 0.333. The highest BCUT2D eigenvalue weighted by Gasteiger charge is 2.24. The Hall–Kier alpha value is -3.65. The van der Waals surface area contributed by atoms with Crippen LogP contribution in [0.15, 0.2) is 70.9 Å². The van der Waals surface area contributed by atoms with E-state index >= 15 is 0 Å². The van der Waals surface area contributed by atoms with Crippen molar-refractivity contribution in [2.45, 2.75) is 63.0 Å². The van der Waals surface area contributed by atoms with Crippen LogP contribution in [0.1, 0.15) is 49.4 Å². The van der Waals surface area contributed by atoms with E-state index in [0.717, 1.165) is 58.8 Å². The molecule has 0 saturated heterocycles. The molecular formula is C30H34N6OS. The van der Waals surface area contributed by atoms with Crippen molar-refractivity contribution in [2.24, 2.45) is 4.99 Å². The molecule has 5 rings (SSSR count). The molecule has 2 atom stereocenters. The van der Waals surface area contributed by atoms with E-state index in [0.29, 0.717) is 6.42 Å². The van der Waals surface area contributed by atoms with Gasteiger partial charge in [0, 0.05) is 29.5 Å². The number of amides is 1. The summed E-state index contributed by atoms with van der Waals surface area (Å²) in [6, 6.07) is 18.5. The van der Waals surface area contributed by atoms with Gasteiger partial charge in [-0.3, -0.25) is 9.79 Å². The van der Waals surface area contributed by atoms with E-state index in [1.165, 1.54) is 11.1 Å². The molecule has 3 aliphatic rings. The number of thioether (sulfide) groups is 1. The molecule has 0 radical (unpaired) electrons. The zero-order chi connectivity index (χ0) is 26.5. The Kier molecular flexibility index (Phi) is 8.08. The number of aryl methyl sites for hydroxylation is 2. The number of nitrogens with zero attached hydrogens (tertiary/aromatic N) is 4. The smallest absolute Gasteiger partial charge is 0.247 e. The summed E-state index contributed by atoms with van der Waals surface area (Å²) in [5.74, 6) is 1.46. The summed E-state index contributed by atoms with van der Waals surface area (Å²) in [6.07, 6.45) is 6.71. The van der Waals surface area contributed by atoms with E-state index < -0.39 is 6.04 Å². The summed E-state index contributed by atoms with van der Waals surface area (Å²) in [6.45, 7) is 7.00. The van der Waals surface area contributed by atoms with Crippen LogP contribution in [0, 0.1) is 6.92 Å². The molecule has 3 aliphatic heterocycles. The number of anilines is 2. The molecule has 2 aromatic carbocycles. The van der Waals surface area contributed by atoms with Crippen molar-refractivity contribution in [1.29, 1.82) is 0 Å². The van der Waals surface area contributed by atoms with Gasteiger partial charge < -0.3 is 15.2 Å². The molecule has 1 amide bonds. The van der Waals surface area contributed by atoms with Gasteiger partial charge in [0.2, 0.25) is 5.91 Å². The van der Waals surface area contributed by atoms with Gasteiger partial charge in [0.25, 0.3) is 0 Å². The number of nitrogens with one attached hydrogen (secondary N) is 2. The lowest BCUT2D eigenvalue weighted by Crippen LogP contribution is -2.31. The molecular weight excluding hydrogens is 492 g/mol. The second kappa shape index (κ2) is 11.8. The van der Waals surface area contributed by atoms with Gasteiger partial charge >= 0.3 is 0 Å². The van der Waals surface area contributed by atoms with Crippen molar-refractivity contribution in [2.75, 3.05) is 17.2 Å². The predicted octanol–water partition coefficient (Wildman–Crippen LogP) is 6.39. The van der Waals surface area contributed by atoms with Crippen molar-refractivity contribution in [3.8, 4) is 11.5 Å². The topological polar surface area (TPSA) is 84.2 Å². The first-order valence-corrected chi connectivity index (χ1v) is 14.3. The van der Waals surface area contributed by atoms with Crippen LogP contribution >= 0.6 is 11.8 Å². The minimum Gasteiger partial charge on any atom is -0.375 e. The fourth-order valence-corrected chi connectivity index (χ4v) is 5.36. The van der Waals surface area contributed by atoms with Crippen LogP contribution in [-0.2, 0) is 17.0 Å². The molecule has 196 valence electrons. The van der Waals surface area contributed by atoms with Crippen molar-refractivity contribution >= 4 is 35.3 Å². The van der Waals surface area contributed by atoms with Crippen LogP contribution in [0.4, 0.5) is 11.4 Å². The van der Waals surface area contributed by atoms with Crippen molar-refractivity contribution in [1.82, 2.24) is 14.5 Å². The molecule has 0 bridgehead atoms. The number of imidazole rings is 1. The van der Waals surface area contributed by atoms with E-state index in [9.17, 15) is 4.79 Å². The van der Waals surface area contributed by atoms with E-state index in [-0.39, 0.29) is 11.9 Å². The van der Waals surface area contributed by atoms with Crippen LogP contribution in [-0.4, -0.2) is 39.2 Å². The van der Waals surface area contributed by atoms with Gasteiger partial charge in [0.15, 0.2) is 11.0 Å². The summed E-state index contributed by atoms with van der Waals surface area (Å²) in [7, 11) is 0. The first kappa shape index (κ1) is 26.0. The fourth-order valence-electron chi connectivity index (χ4n) is 4.56. The van der Waals surface area contributed by atoms with Crippen molar-refractivity contribution < 1.29 is 4.79 Å². The van der Waals surface area contributed by atoms with Crippen molar-refractivity contribution in [3.05, 3.63) is 77.5 Å². The number of hydrogen-bond donors (Lipinski definition) is 2. The van der Waals surface area contributed by atoms with Crippen LogP contribution in [0.25, 0.3) is 11.5 Å². The van der Waals surface area contributed by atoms with E-state index in [1.807, 2.05) is 61.2 Å². The molecule has 7 nitrogen and oxygen atoms in total. The molecule has 2 N–H and O–H groups in total. The summed E-state index contributed by atoms with van der Waals surface area (Å²) in [5, 5.41) is 7.30. The lowest BCUT2D eigenvalue weighted by Gasteiger charge is -2.23. The number of fused-ring (bicyclic) bond motifs is 1. The molecule has 38 heavy (non-hydrogen) atoms. The Bertz CT molecular complexity index is 1400. The molecule has 0 aliphatic carbocycles. The van der Waals surface area contributed by atoms with Gasteiger partial charge in [-0.25, -0.2) is 9.97 Å². The van der Waals surface area contributed by atoms with Gasteiger partial charge in [-0.15, -0.1) is 0 Å². The number of hydrogen-bond acceptors (Lipinski definition) is 6. The molecule has 2 unspecified atom stereocenters. The molecule has 0 spiro atoms. The van der Waals surface area contributed by atoms with Crippen LogP contribution in [0.2, 0.25) is 0 Å². The summed E-state index contributed by atoms with van der Waals surface area (Å²) < 4.78 is 1.95. The zero-order valence-corrected chi connectivity index (χ0v) is 23.0. The molecule has 0 saturated carbocycles. The van der Waals surface area contributed by atoms with Crippen LogP contribution in [0.3, 0.4) is 0 Å². The first-order chi connectivity index (χ1) is 18.5. The van der Waals surface area contributed by atoms with Gasteiger partial charge in [0.1, 0.15) is 11.7 Å². The van der Waals surface area contributed by atoms with Crippen molar-refractivity contribution in [3.63, 3.8) is 0 Å². The third-order valence-corrected chi connectivity index (χ3v) is 7.70. The maximum Gasteiger partial charge on any atom is 0.247 e. The molecule has 2 aromatic rings. The Morgan fingerprint density at radius 1 is 1.11 bits per heavy atom. The minimum atomic E-state index is -0.408. The van der Waals surface area contributed by atoms with Gasteiger partial charge in [0.05, 0.1) is 12.6 Å². The Balaban J connectivity index is 1.30. The number of pyridine rings is 1. The second-order valence-corrected chi connectivity index (χ2v) is 10.6. The third-order valence-electron chi connectivity index (χ3n) is 6.78. The molecule has 0 aromatic heterocycles. The SMILES string of the molecule is CCCc1ccc(CSc2nc3cccn(C(CC)C(=O)Nc4cc(NC5C=NC5)ccc4C)c-3n2)cc1. The Morgan fingerprint density at radius 3 is 2.61 bits per heavy atom. The summed E-state index contributed by atoms with van der Waals surface area (Å²) in [4.78, 5) is 27.2. The number of benzene rings is 2. The molecule has 3 heterocycles. The lowest BCUT2D eigenvalue weighted by molar-refractivity contribution is -0.119. The predicted molar refractivity (Wildman–Crippen MR) is 157 cm³/mol. The maximum atomic E-state index is 13.5. The number of aromatic nitrogens is 3. The summed E-state index contributed by atoms with van der Waals surface area (Å²) in [5.41, 5.74) is 6.19. The number of carbonyl (C=O) groups is 1. The minimum absolute atomic E-state index is 0.0696. The number of rotatable bonds is 11. The number of carbonyl (C=O) groups excluding carboxylic acids is 1. The molecule has 8 heteroatoms. The average molecular weight is 527 g/mol. The Labute approximate surface area is 228 Å². The monoisotopic (exact) mass is 526 g/mol. The van der Waals surface area contributed by atoms with Crippen LogP contribution < -0.4 is 10.6 Å². The number of aliphatic imine (C=N–C) groups is 1. The largest absolute Gasteiger partial charge is 0.375 e. The quantitative estimate of drug-likeness (QED) is 0.221. The standard InChI is InChI=1S/C30H34N6OS/c1-4-7-21-10-12-22(13-11-21)19-38-30-34-25-8-6-15-36(28(25)35-30)27(5-2)29(37)33-26-16-23(14-9-20(26)3)32-24-17-31-18-24/h6,8-17,24,27,32H,4-5,7,18-19H2,1-3H3,(H,33,37). The normalized spacial score (nSPS) is 15.3. The highest BCUT2D eigenvalue weighted by Crippen LogP contribution is 2.30. The van der Waals surface area contributed by atoms with Crippen LogP contribution in [0.5, 0.6) is 0 Å². The zero-order valence-electron chi connectivity index (χ0n) is 22.1. The van der Waals surface area contributed by atoms with E-state index in [1.54, 1.807) is 11.8 Å². The van der Waals surface area contributed by atoms with Gasteiger partial charge in [-0.1, -0.05) is 62.4 Å². The maximum absolute atomic E-state index is 13.5. The average Bonchev–Trinajstić information content (AvgIpc) is 3.32. The Morgan fingerprint density at radius 2 is 1.89 bits per heavy atom. The summed E-state index contributed by atoms with van der Waals surface area (Å²) >= 11 is 1.62. The third kappa shape index (κ3) is 5.91. The van der Waals surface area contributed by atoms with Gasteiger partial charge in [-0.05, 0) is 60.7 Å². The highest BCUT2D eigenvalue weighted by atomic mass is 32.2. The lowest BCUT2D eigenvalue weighted by atomic mass is 10.1. The van der Waals surface area contributed by atoms with E-state index in [2.05, 4.69) is 46.8 Å². The van der Waals surface area contributed by atoms with E-state index in [4.69, 9.17) is 9.97 Å². The highest BCUT2D eigenvalue weighted by molar-refractivity contribution is 7.98. The second-order valence-electron chi connectivity index (χ2n) is 9.69. The van der Waals surface area contributed by atoms with Gasteiger partial charge in [-0.2, -0.15) is 0 Å². The first-order valence-electron chi connectivity index (χ1n) is 13.3.